The number of ether oxygens (including phenoxy) is 1. The van der Waals surface area contributed by atoms with Gasteiger partial charge in [-0.3, -0.25) is 9.59 Å². The van der Waals surface area contributed by atoms with Gasteiger partial charge in [0.05, 0.1) is 17.0 Å². The van der Waals surface area contributed by atoms with Gasteiger partial charge >= 0.3 is 0 Å². The van der Waals surface area contributed by atoms with Crippen LogP contribution in [-0.2, 0) is 4.79 Å². The molecule has 0 aliphatic rings. The fourth-order valence-corrected chi connectivity index (χ4v) is 2.40. The van der Waals surface area contributed by atoms with Crippen LogP contribution < -0.4 is 15.8 Å². The number of primary amides is 1. The third-order valence-electron chi connectivity index (χ3n) is 3.56. The quantitative estimate of drug-likeness (QED) is 0.731. The number of hydrogen-bond donors (Lipinski definition) is 2. The van der Waals surface area contributed by atoms with Crippen molar-refractivity contribution in [1.29, 1.82) is 0 Å². The van der Waals surface area contributed by atoms with Crippen LogP contribution in [0.2, 0.25) is 0 Å². The highest BCUT2D eigenvalue weighted by Crippen LogP contribution is 2.19. The molecule has 3 rings (SSSR count). The van der Waals surface area contributed by atoms with Crippen LogP contribution in [-0.4, -0.2) is 33.0 Å². The number of carbonyl (C=O) groups excluding carboxylic acids is 2. The van der Waals surface area contributed by atoms with Crippen LogP contribution in [0.4, 0.5) is 5.69 Å². The molecule has 3 N–H and O–H groups in total. The first-order valence-corrected chi connectivity index (χ1v) is 7.58. The summed E-state index contributed by atoms with van der Waals surface area (Å²) in [6, 6.07) is 8.55. The Kier molecular flexibility index (Phi) is 4.34. The number of nitrogens with one attached hydrogen (secondary N) is 1. The lowest BCUT2D eigenvalue weighted by Crippen LogP contribution is -2.20. The molecule has 0 bridgehead atoms. The van der Waals surface area contributed by atoms with Crippen LogP contribution in [0.3, 0.4) is 0 Å². The minimum absolute atomic E-state index is 0.226. The first kappa shape index (κ1) is 16.4. The lowest BCUT2D eigenvalue weighted by atomic mass is 10.2. The number of nitrogens with zero attached hydrogens (tertiary/aromatic N) is 3. The molecular weight excluding hydrogens is 322 g/mol. The molecule has 0 fully saturated rings. The Bertz CT molecular complexity index is 964. The topological polar surface area (TPSA) is 112 Å². The van der Waals surface area contributed by atoms with Gasteiger partial charge in [0.2, 0.25) is 0 Å². The Morgan fingerprint density at radius 3 is 2.84 bits per heavy atom. The molecule has 3 aromatic rings. The Morgan fingerprint density at radius 1 is 1.28 bits per heavy atom. The van der Waals surface area contributed by atoms with Crippen LogP contribution >= 0.6 is 0 Å². The number of nitrogens with two attached hydrogens (primary N) is 1. The highest BCUT2D eigenvalue weighted by Gasteiger charge is 2.14. The van der Waals surface area contributed by atoms with Gasteiger partial charge in [-0.1, -0.05) is 6.07 Å². The fourth-order valence-electron chi connectivity index (χ4n) is 2.40. The summed E-state index contributed by atoms with van der Waals surface area (Å²) in [5.74, 6) is -0.448. The standard InChI is InChI=1S/C17H17N5O3/c1-10-6-16-19-8-14(11(2)22(16)21-10)17(24)20-12-4-3-5-13(7-12)25-9-15(18)23/h3-8H,9H2,1-2H3,(H2,18,23)(H,20,24). The van der Waals surface area contributed by atoms with E-state index in [1.165, 1.54) is 6.20 Å². The number of aryl methyl sites for hydroxylation is 2. The zero-order chi connectivity index (χ0) is 18.0. The number of anilines is 1. The van der Waals surface area contributed by atoms with Crippen molar-refractivity contribution in [1.82, 2.24) is 14.6 Å². The Morgan fingerprint density at radius 2 is 2.08 bits per heavy atom. The average molecular weight is 339 g/mol. The zero-order valence-corrected chi connectivity index (χ0v) is 13.8. The monoisotopic (exact) mass is 339 g/mol. The molecule has 8 nitrogen and oxygen atoms in total. The Balaban J connectivity index is 1.81. The molecular formula is C17H17N5O3. The number of carbonyl (C=O) groups is 2. The summed E-state index contributed by atoms with van der Waals surface area (Å²) in [6.07, 6.45) is 1.52. The summed E-state index contributed by atoms with van der Waals surface area (Å²) in [4.78, 5) is 27.6. The van der Waals surface area contributed by atoms with Crippen molar-refractivity contribution in [3.63, 3.8) is 0 Å². The van der Waals surface area contributed by atoms with Crippen molar-refractivity contribution < 1.29 is 14.3 Å². The van der Waals surface area contributed by atoms with Crippen molar-refractivity contribution in [2.24, 2.45) is 5.73 Å². The lowest BCUT2D eigenvalue weighted by molar-refractivity contribution is -0.119. The molecule has 2 amide bonds. The molecule has 0 unspecified atom stereocenters. The van der Waals surface area contributed by atoms with E-state index in [1.54, 1.807) is 28.8 Å². The SMILES string of the molecule is Cc1cc2ncc(C(=O)Nc3cccc(OCC(N)=O)c3)c(C)n2n1. The summed E-state index contributed by atoms with van der Waals surface area (Å²) in [6.45, 7) is 3.45. The molecule has 0 spiro atoms. The summed E-state index contributed by atoms with van der Waals surface area (Å²) in [5, 5.41) is 7.11. The van der Waals surface area contributed by atoms with Crippen molar-refractivity contribution in [2.45, 2.75) is 13.8 Å². The lowest BCUT2D eigenvalue weighted by Gasteiger charge is -2.10. The van der Waals surface area contributed by atoms with Gasteiger partial charge in [-0.15, -0.1) is 0 Å². The highest BCUT2D eigenvalue weighted by atomic mass is 16.5. The van der Waals surface area contributed by atoms with Crippen molar-refractivity contribution in [2.75, 3.05) is 11.9 Å². The zero-order valence-electron chi connectivity index (χ0n) is 13.8. The van der Waals surface area contributed by atoms with E-state index in [4.69, 9.17) is 10.5 Å². The van der Waals surface area contributed by atoms with E-state index >= 15 is 0 Å². The summed E-state index contributed by atoms with van der Waals surface area (Å²) >= 11 is 0. The molecule has 0 saturated heterocycles. The Labute approximate surface area is 143 Å². The molecule has 2 aromatic heterocycles. The molecule has 2 heterocycles. The molecule has 1 aromatic carbocycles. The number of fused-ring (bicyclic) bond motifs is 1. The summed E-state index contributed by atoms with van der Waals surface area (Å²) in [5.41, 5.74) is 8.20. The van der Waals surface area contributed by atoms with Gasteiger partial charge in [-0.25, -0.2) is 9.50 Å². The van der Waals surface area contributed by atoms with Crippen LogP contribution in [0.25, 0.3) is 5.65 Å². The second-order valence-corrected chi connectivity index (χ2v) is 5.55. The van der Waals surface area contributed by atoms with E-state index in [0.29, 0.717) is 28.3 Å². The molecule has 0 aliphatic carbocycles. The molecule has 0 radical (unpaired) electrons. The van der Waals surface area contributed by atoms with E-state index in [2.05, 4.69) is 15.4 Å². The van der Waals surface area contributed by atoms with E-state index in [1.807, 2.05) is 19.9 Å². The number of rotatable bonds is 5. The van der Waals surface area contributed by atoms with E-state index in [-0.39, 0.29) is 12.5 Å². The molecule has 128 valence electrons. The predicted molar refractivity (Wildman–Crippen MR) is 91.5 cm³/mol. The second kappa shape index (κ2) is 6.60. The van der Waals surface area contributed by atoms with Gasteiger partial charge in [0.15, 0.2) is 12.3 Å². The summed E-state index contributed by atoms with van der Waals surface area (Å²) in [7, 11) is 0. The highest BCUT2D eigenvalue weighted by molar-refractivity contribution is 6.05. The maximum absolute atomic E-state index is 12.6. The summed E-state index contributed by atoms with van der Waals surface area (Å²) < 4.78 is 6.86. The van der Waals surface area contributed by atoms with Crippen LogP contribution in [0.5, 0.6) is 5.75 Å². The average Bonchev–Trinajstić information content (AvgIpc) is 2.95. The number of amides is 2. The van der Waals surface area contributed by atoms with Crippen molar-refractivity contribution in [3.05, 3.63) is 53.5 Å². The second-order valence-electron chi connectivity index (χ2n) is 5.55. The molecule has 25 heavy (non-hydrogen) atoms. The minimum Gasteiger partial charge on any atom is -0.484 e. The van der Waals surface area contributed by atoms with Gasteiger partial charge < -0.3 is 15.8 Å². The maximum atomic E-state index is 12.6. The Hall–Kier alpha value is -3.42. The molecule has 8 heteroatoms. The van der Waals surface area contributed by atoms with E-state index < -0.39 is 5.91 Å². The molecule has 0 atom stereocenters. The predicted octanol–water partition coefficient (Wildman–Crippen LogP) is 1.46. The number of hydrogen-bond acceptors (Lipinski definition) is 5. The fraction of sp³-hybridized carbons (Fsp3) is 0.176. The largest absolute Gasteiger partial charge is 0.484 e. The van der Waals surface area contributed by atoms with Gasteiger partial charge in [0.25, 0.3) is 11.8 Å². The smallest absolute Gasteiger partial charge is 0.259 e. The van der Waals surface area contributed by atoms with Crippen molar-refractivity contribution in [3.8, 4) is 5.75 Å². The maximum Gasteiger partial charge on any atom is 0.259 e. The normalized spacial score (nSPS) is 10.6. The van der Waals surface area contributed by atoms with E-state index in [0.717, 1.165) is 5.69 Å². The molecule has 0 aliphatic heterocycles. The van der Waals surface area contributed by atoms with E-state index in [9.17, 15) is 9.59 Å². The first-order valence-electron chi connectivity index (χ1n) is 7.58. The van der Waals surface area contributed by atoms with Gasteiger partial charge in [-0.05, 0) is 26.0 Å². The van der Waals surface area contributed by atoms with Crippen LogP contribution in [0.1, 0.15) is 21.7 Å². The number of benzene rings is 1. The van der Waals surface area contributed by atoms with Crippen LogP contribution in [0.15, 0.2) is 36.5 Å². The third kappa shape index (κ3) is 3.57. The first-order chi connectivity index (χ1) is 11.9. The number of aromatic nitrogens is 3. The van der Waals surface area contributed by atoms with Crippen LogP contribution in [0, 0.1) is 13.8 Å². The van der Waals surface area contributed by atoms with Gasteiger partial charge in [0, 0.05) is 24.0 Å². The molecule has 0 saturated carbocycles. The van der Waals surface area contributed by atoms with Gasteiger partial charge in [-0.2, -0.15) is 5.10 Å². The minimum atomic E-state index is -0.570. The third-order valence-corrected chi connectivity index (χ3v) is 3.56. The van der Waals surface area contributed by atoms with Gasteiger partial charge in [0.1, 0.15) is 5.75 Å². The van der Waals surface area contributed by atoms with Crippen molar-refractivity contribution >= 4 is 23.1 Å².